The monoisotopic (exact) mass is 607 g/mol. The van der Waals surface area contributed by atoms with E-state index < -0.39 is 0 Å². The summed E-state index contributed by atoms with van der Waals surface area (Å²) in [5.74, 6) is 0. The zero-order valence-electron chi connectivity index (χ0n) is 26.6. The number of benzene rings is 7. The third kappa shape index (κ3) is 4.42. The molecule has 0 bridgehead atoms. The summed E-state index contributed by atoms with van der Waals surface area (Å²) in [6.07, 6.45) is 0. The zero-order valence-corrected chi connectivity index (χ0v) is 26.6. The Hall–Kier alpha value is -5.80. The maximum Gasteiger partial charge on any atom is 0.137 e. The molecule has 0 amide bonds. The van der Waals surface area contributed by atoms with Gasteiger partial charge >= 0.3 is 0 Å². The van der Waals surface area contributed by atoms with E-state index in [-0.39, 0.29) is 5.41 Å². The number of anilines is 3. The Labute approximate surface area is 273 Å². The molecule has 0 saturated heterocycles. The Morgan fingerprint density at radius 2 is 1.09 bits per heavy atom. The van der Waals surface area contributed by atoms with Crippen molar-refractivity contribution in [3.05, 3.63) is 151 Å². The lowest BCUT2D eigenvalue weighted by Gasteiger charge is -2.29. The number of fused-ring (bicyclic) bond motifs is 7. The minimum Gasteiger partial charge on any atom is -0.456 e. The molecule has 0 N–H and O–H groups in total. The molecule has 0 fully saturated rings. The van der Waals surface area contributed by atoms with Crippen molar-refractivity contribution >= 4 is 71.7 Å². The van der Waals surface area contributed by atoms with Crippen LogP contribution >= 0.6 is 0 Å². The molecule has 2 heterocycles. The van der Waals surface area contributed by atoms with Crippen molar-refractivity contribution in [2.75, 3.05) is 4.90 Å². The summed E-state index contributed by atoms with van der Waals surface area (Å²) in [7, 11) is 0. The van der Waals surface area contributed by atoms with Gasteiger partial charge in [-0.3, -0.25) is 0 Å². The lowest BCUT2D eigenvalue weighted by atomic mass is 9.87. The van der Waals surface area contributed by atoms with Crippen molar-refractivity contribution in [2.24, 2.45) is 0 Å². The fourth-order valence-corrected chi connectivity index (χ4v) is 7.10. The second kappa shape index (κ2) is 10.4. The van der Waals surface area contributed by atoms with Crippen LogP contribution in [0.5, 0.6) is 0 Å². The van der Waals surface area contributed by atoms with Crippen LogP contribution in [0.4, 0.5) is 17.1 Å². The lowest BCUT2D eigenvalue weighted by molar-refractivity contribution is 0.590. The maximum absolute atomic E-state index is 6.42. The van der Waals surface area contributed by atoms with Crippen LogP contribution in [-0.2, 0) is 5.41 Å². The first kappa shape index (κ1) is 27.5. The number of hydrogen-bond acceptors (Lipinski definition) is 3. The van der Waals surface area contributed by atoms with Crippen LogP contribution in [0.3, 0.4) is 0 Å². The van der Waals surface area contributed by atoms with E-state index >= 15 is 0 Å². The molecule has 0 spiro atoms. The van der Waals surface area contributed by atoms with Crippen LogP contribution in [0.1, 0.15) is 26.3 Å². The van der Waals surface area contributed by atoms with Gasteiger partial charge in [-0.2, -0.15) is 0 Å². The minimum atomic E-state index is 0.0443. The van der Waals surface area contributed by atoms with E-state index in [4.69, 9.17) is 8.83 Å². The van der Waals surface area contributed by atoms with Crippen LogP contribution in [0.15, 0.2) is 154 Å². The molecule has 0 atom stereocenters. The summed E-state index contributed by atoms with van der Waals surface area (Å²) >= 11 is 0. The molecule has 0 aliphatic rings. The second-order valence-corrected chi connectivity index (χ2v) is 13.4. The molecule has 226 valence electrons. The first-order valence-electron chi connectivity index (χ1n) is 16.2. The van der Waals surface area contributed by atoms with Crippen molar-refractivity contribution in [2.45, 2.75) is 26.2 Å². The Kier molecular flexibility index (Phi) is 6.07. The fraction of sp³-hybridized carbons (Fsp3) is 0.0909. The van der Waals surface area contributed by atoms with E-state index in [0.29, 0.717) is 0 Å². The van der Waals surface area contributed by atoms with Gasteiger partial charge in [0.1, 0.15) is 22.3 Å². The highest BCUT2D eigenvalue weighted by Crippen LogP contribution is 2.48. The summed E-state index contributed by atoms with van der Waals surface area (Å²) in [6, 6.07) is 51.8. The summed E-state index contributed by atoms with van der Waals surface area (Å²) in [5, 5.41) is 6.84. The van der Waals surface area contributed by atoms with Crippen molar-refractivity contribution in [1.29, 1.82) is 0 Å². The largest absolute Gasteiger partial charge is 0.456 e. The second-order valence-electron chi connectivity index (χ2n) is 13.4. The highest BCUT2D eigenvalue weighted by molar-refractivity contribution is 6.18. The van der Waals surface area contributed by atoms with Gasteiger partial charge in [-0.25, -0.2) is 0 Å². The summed E-state index contributed by atoms with van der Waals surface area (Å²) in [6.45, 7) is 6.77. The Bertz CT molecular complexity index is 2610. The molecule has 9 rings (SSSR count). The van der Waals surface area contributed by atoms with E-state index in [9.17, 15) is 0 Å². The molecule has 9 aromatic rings. The first-order valence-corrected chi connectivity index (χ1v) is 16.2. The highest BCUT2D eigenvalue weighted by Gasteiger charge is 2.24. The van der Waals surface area contributed by atoms with Gasteiger partial charge < -0.3 is 13.7 Å². The number of hydrogen-bond donors (Lipinski definition) is 0. The predicted molar refractivity (Wildman–Crippen MR) is 197 cm³/mol. The van der Waals surface area contributed by atoms with Crippen molar-refractivity contribution in [1.82, 2.24) is 0 Å². The van der Waals surface area contributed by atoms with E-state index in [2.05, 4.69) is 153 Å². The van der Waals surface area contributed by atoms with Gasteiger partial charge in [0.25, 0.3) is 0 Å². The number of nitrogens with zero attached hydrogens (tertiary/aromatic N) is 1. The van der Waals surface area contributed by atoms with Gasteiger partial charge in [-0.15, -0.1) is 0 Å². The summed E-state index contributed by atoms with van der Waals surface area (Å²) in [4.78, 5) is 2.38. The van der Waals surface area contributed by atoms with Gasteiger partial charge in [-0.05, 0) is 75.8 Å². The maximum atomic E-state index is 6.42. The third-order valence-corrected chi connectivity index (χ3v) is 9.43. The van der Waals surface area contributed by atoms with Gasteiger partial charge in [0, 0.05) is 44.5 Å². The molecule has 47 heavy (non-hydrogen) atoms. The standard InChI is InChI=1S/C44H33NO2/c1-44(2,3)29-20-22-30(23-21-29)45(31-24-25-34-33-13-6-8-16-38(33)47-41(34)27-31)37-26-19-28-11-4-5-12-32(28)42(37)36-15-10-18-40-43(36)35-14-7-9-17-39(35)46-40/h4-27H,1-3H3. The van der Waals surface area contributed by atoms with E-state index in [1.807, 2.05) is 18.2 Å². The van der Waals surface area contributed by atoms with Crippen molar-refractivity contribution in [3.8, 4) is 11.1 Å². The number of para-hydroxylation sites is 2. The zero-order chi connectivity index (χ0) is 31.7. The van der Waals surface area contributed by atoms with Crippen LogP contribution < -0.4 is 4.90 Å². The van der Waals surface area contributed by atoms with Crippen LogP contribution in [0, 0.1) is 0 Å². The molecule has 3 nitrogen and oxygen atoms in total. The Morgan fingerprint density at radius 1 is 0.468 bits per heavy atom. The minimum absolute atomic E-state index is 0.0443. The highest BCUT2D eigenvalue weighted by atomic mass is 16.3. The van der Waals surface area contributed by atoms with Crippen molar-refractivity contribution < 1.29 is 8.83 Å². The summed E-state index contributed by atoms with van der Waals surface area (Å²) in [5.41, 5.74) is 10.4. The average Bonchev–Trinajstić information content (AvgIpc) is 3.66. The van der Waals surface area contributed by atoms with Gasteiger partial charge in [0.15, 0.2) is 0 Å². The third-order valence-electron chi connectivity index (χ3n) is 9.43. The molecule has 0 saturated carbocycles. The molecule has 0 aliphatic heterocycles. The average molecular weight is 608 g/mol. The first-order chi connectivity index (χ1) is 22.9. The van der Waals surface area contributed by atoms with E-state index in [1.165, 1.54) is 16.3 Å². The van der Waals surface area contributed by atoms with E-state index in [0.717, 1.165) is 72.1 Å². The molecule has 0 aliphatic carbocycles. The molecule has 0 radical (unpaired) electrons. The topological polar surface area (TPSA) is 29.5 Å². The molecule has 0 unspecified atom stereocenters. The van der Waals surface area contributed by atoms with Gasteiger partial charge in [-0.1, -0.05) is 112 Å². The van der Waals surface area contributed by atoms with Crippen LogP contribution in [0.25, 0.3) is 65.8 Å². The smallest absolute Gasteiger partial charge is 0.137 e. The van der Waals surface area contributed by atoms with Gasteiger partial charge in [0.05, 0.1) is 5.69 Å². The molecule has 3 heteroatoms. The molecular formula is C44H33NO2. The summed E-state index contributed by atoms with van der Waals surface area (Å²) < 4.78 is 12.8. The van der Waals surface area contributed by atoms with Crippen molar-refractivity contribution in [3.63, 3.8) is 0 Å². The normalized spacial score (nSPS) is 12.1. The number of furan rings is 2. The number of rotatable bonds is 4. The quantitative estimate of drug-likeness (QED) is 0.199. The molecular weight excluding hydrogens is 574 g/mol. The fourth-order valence-electron chi connectivity index (χ4n) is 7.10. The molecule has 2 aromatic heterocycles. The Morgan fingerprint density at radius 3 is 1.87 bits per heavy atom. The van der Waals surface area contributed by atoms with Crippen LogP contribution in [-0.4, -0.2) is 0 Å². The lowest BCUT2D eigenvalue weighted by Crippen LogP contribution is -2.14. The van der Waals surface area contributed by atoms with Gasteiger partial charge in [0.2, 0.25) is 0 Å². The predicted octanol–water partition coefficient (Wildman–Crippen LogP) is 13.1. The Balaban J connectivity index is 1.37. The SMILES string of the molecule is CC(C)(C)c1ccc(N(c2ccc3c(c2)oc2ccccc23)c2ccc3ccccc3c2-c2cccc3oc4ccccc4c23)cc1. The van der Waals surface area contributed by atoms with Crippen LogP contribution in [0.2, 0.25) is 0 Å². The van der Waals surface area contributed by atoms with E-state index in [1.54, 1.807) is 0 Å². The molecule has 7 aromatic carbocycles.